The Balaban J connectivity index is 1.84. The van der Waals surface area contributed by atoms with E-state index in [1.807, 2.05) is 0 Å². The maximum absolute atomic E-state index is 13.3. The van der Waals surface area contributed by atoms with Crippen LogP contribution in [-0.2, 0) is 4.74 Å². The molecule has 1 aliphatic heterocycles. The summed E-state index contributed by atoms with van der Waals surface area (Å²) >= 11 is 0. The molecule has 2 aromatic rings. The maximum atomic E-state index is 13.3. The van der Waals surface area contributed by atoms with Crippen molar-refractivity contribution in [2.45, 2.75) is 45.7 Å². The van der Waals surface area contributed by atoms with Gasteiger partial charge in [0, 0.05) is 11.7 Å². The topological polar surface area (TPSA) is 98.1 Å². The Hall–Kier alpha value is -3.04. The average Bonchev–Trinajstić information content (AvgIpc) is 3.06. The fourth-order valence-corrected chi connectivity index (χ4v) is 2.98. The summed E-state index contributed by atoms with van der Waals surface area (Å²) in [6.45, 7) is 5.45. The van der Waals surface area contributed by atoms with E-state index in [4.69, 9.17) is 4.74 Å². The second kappa shape index (κ2) is 7.91. The SMILES string of the molecule is CCOC(=O)c1ccc(C)c(NC(=O)c2nc3n(n2)[C@H](C(F)F)C[C@H](C)N3)c1. The van der Waals surface area contributed by atoms with Crippen LogP contribution in [0.4, 0.5) is 20.4 Å². The first-order chi connectivity index (χ1) is 13.3. The Bertz CT molecular complexity index is 899. The molecule has 0 fully saturated rings. The number of fused-ring (bicyclic) bond motifs is 1. The van der Waals surface area contributed by atoms with Gasteiger partial charge in [0.15, 0.2) is 0 Å². The quantitative estimate of drug-likeness (QED) is 0.758. The maximum Gasteiger partial charge on any atom is 0.338 e. The number of aryl methyl sites for hydroxylation is 1. The zero-order valence-electron chi connectivity index (χ0n) is 15.7. The van der Waals surface area contributed by atoms with Gasteiger partial charge < -0.3 is 15.4 Å². The first-order valence-corrected chi connectivity index (χ1v) is 8.90. The molecule has 3 rings (SSSR count). The van der Waals surface area contributed by atoms with Crippen molar-refractivity contribution >= 4 is 23.5 Å². The van der Waals surface area contributed by atoms with Crippen LogP contribution in [0.25, 0.3) is 0 Å². The largest absolute Gasteiger partial charge is 0.462 e. The van der Waals surface area contributed by atoms with Gasteiger partial charge in [-0.2, -0.15) is 4.98 Å². The predicted octanol–water partition coefficient (Wildman–Crippen LogP) is 3.03. The minimum absolute atomic E-state index is 0.131. The number of esters is 1. The van der Waals surface area contributed by atoms with E-state index in [0.29, 0.717) is 11.3 Å². The zero-order chi connectivity index (χ0) is 20.4. The molecule has 1 aromatic carbocycles. The van der Waals surface area contributed by atoms with Gasteiger partial charge in [-0.1, -0.05) is 6.07 Å². The number of rotatable bonds is 5. The lowest BCUT2D eigenvalue weighted by Gasteiger charge is -2.28. The first kappa shape index (κ1) is 19.7. The van der Waals surface area contributed by atoms with Gasteiger partial charge in [-0.05, 0) is 44.9 Å². The van der Waals surface area contributed by atoms with Crippen molar-refractivity contribution in [3.63, 3.8) is 0 Å². The van der Waals surface area contributed by atoms with E-state index in [0.717, 1.165) is 4.68 Å². The minimum Gasteiger partial charge on any atom is -0.462 e. The fourth-order valence-electron chi connectivity index (χ4n) is 2.98. The third-order valence-corrected chi connectivity index (χ3v) is 4.41. The zero-order valence-corrected chi connectivity index (χ0v) is 15.7. The predicted molar refractivity (Wildman–Crippen MR) is 97.9 cm³/mol. The van der Waals surface area contributed by atoms with Gasteiger partial charge in [0.1, 0.15) is 6.04 Å². The summed E-state index contributed by atoms with van der Waals surface area (Å²) in [4.78, 5) is 28.5. The van der Waals surface area contributed by atoms with Crippen LogP contribution in [-0.4, -0.2) is 45.7 Å². The lowest BCUT2D eigenvalue weighted by molar-refractivity contribution is 0.0526. The Kier molecular flexibility index (Phi) is 5.57. The van der Waals surface area contributed by atoms with Crippen molar-refractivity contribution in [3.8, 4) is 0 Å². The number of hydrogen-bond donors (Lipinski definition) is 2. The van der Waals surface area contributed by atoms with E-state index in [1.165, 1.54) is 6.07 Å². The number of alkyl halides is 2. The van der Waals surface area contributed by atoms with Gasteiger partial charge in [-0.3, -0.25) is 4.79 Å². The number of carbonyl (C=O) groups excluding carboxylic acids is 2. The van der Waals surface area contributed by atoms with Crippen molar-refractivity contribution in [1.29, 1.82) is 0 Å². The number of carbonyl (C=O) groups is 2. The van der Waals surface area contributed by atoms with Crippen LogP contribution in [0, 0.1) is 6.92 Å². The summed E-state index contributed by atoms with van der Waals surface area (Å²) < 4.78 is 32.6. The van der Waals surface area contributed by atoms with Crippen molar-refractivity contribution in [2.24, 2.45) is 0 Å². The molecule has 2 atom stereocenters. The van der Waals surface area contributed by atoms with E-state index in [-0.39, 0.29) is 36.4 Å². The summed E-state index contributed by atoms with van der Waals surface area (Å²) in [6, 6.07) is 3.40. The van der Waals surface area contributed by atoms with E-state index < -0.39 is 24.3 Å². The molecule has 10 heteroatoms. The van der Waals surface area contributed by atoms with E-state index in [1.54, 1.807) is 32.9 Å². The molecule has 0 bridgehead atoms. The number of aromatic nitrogens is 3. The van der Waals surface area contributed by atoms with Gasteiger partial charge in [0.05, 0.1) is 12.2 Å². The van der Waals surface area contributed by atoms with Crippen molar-refractivity contribution < 1.29 is 23.1 Å². The smallest absolute Gasteiger partial charge is 0.338 e. The van der Waals surface area contributed by atoms with Gasteiger partial charge >= 0.3 is 5.97 Å². The summed E-state index contributed by atoms with van der Waals surface area (Å²) in [6.07, 6.45) is -2.44. The molecule has 2 heterocycles. The molecule has 8 nitrogen and oxygen atoms in total. The normalized spacial score (nSPS) is 18.4. The third-order valence-electron chi connectivity index (χ3n) is 4.41. The Morgan fingerprint density at radius 2 is 2.18 bits per heavy atom. The molecule has 1 aromatic heterocycles. The van der Waals surface area contributed by atoms with E-state index >= 15 is 0 Å². The Morgan fingerprint density at radius 1 is 1.43 bits per heavy atom. The fraction of sp³-hybridized carbons (Fsp3) is 0.444. The summed E-state index contributed by atoms with van der Waals surface area (Å²) in [5.74, 6) is -1.27. The molecule has 0 saturated heterocycles. The Labute approximate surface area is 160 Å². The van der Waals surface area contributed by atoms with Gasteiger partial charge in [-0.15, -0.1) is 5.10 Å². The number of halogens is 2. The second-order valence-electron chi connectivity index (χ2n) is 6.59. The van der Waals surface area contributed by atoms with Crippen molar-refractivity contribution in [2.75, 3.05) is 17.2 Å². The molecule has 1 amide bonds. The lowest BCUT2D eigenvalue weighted by atomic mass is 10.1. The summed E-state index contributed by atoms with van der Waals surface area (Å²) in [5.41, 5.74) is 1.38. The lowest BCUT2D eigenvalue weighted by Crippen LogP contribution is -2.33. The molecule has 0 unspecified atom stereocenters. The number of anilines is 2. The van der Waals surface area contributed by atoms with Crippen LogP contribution in [0.5, 0.6) is 0 Å². The first-order valence-electron chi connectivity index (χ1n) is 8.90. The highest BCUT2D eigenvalue weighted by atomic mass is 19.3. The molecule has 0 radical (unpaired) electrons. The average molecular weight is 393 g/mol. The highest BCUT2D eigenvalue weighted by molar-refractivity contribution is 6.03. The molecular weight excluding hydrogens is 372 g/mol. The molecular formula is C18H21F2N5O3. The van der Waals surface area contributed by atoms with Gasteiger partial charge in [0.2, 0.25) is 11.8 Å². The second-order valence-corrected chi connectivity index (χ2v) is 6.59. The molecule has 28 heavy (non-hydrogen) atoms. The number of benzene rings is 1. The van der Waals surface area contributed by atoms with Crippen LogP contribution >= 0.6 is 0 Å². The number of nitrogens with one attached hydrogen (secondary N) is 2. The van der Waals surface area contributed by atoms with Crippen LogP contribution in [0.2, 0.25) is 0 Å². The standard InChI is InChI=1S/C18H21F2N5O3/c1-4-28-17(27)11-6-5-9(2)12(8-11)22-16(26)15-23-18-21-10(3)7-13(14(19)20)25(18)24-15/h5-6,8,10,13-14H,4,7H2,1-3H3,(H,22,26)(H,21,23,24)/t10-,13-/m0/s1. The van der Waals surface area contributed by atoms with E-state index in [9.17, 15) is 18.4 Å². The molecule has 0 saturated carbocycles. The number of hydrogen-bond acceptors (Lipinski definition) is 6. The molecule has 0 spiro atoms. The van der Waals surface area contributed by atoms with Crippen molar-refractivity contribution in [1.82, 2.24) is 14.8 Å². The summed E-state index contributed by atoms with van der Waals surface area (Å²) in [5, 5.41) is 9.54. The molecule has 2 N–H and O–H groups in total. The molecule has 0 aliphatic carbocycles. The van der Waals surface area contributed by atoms with Crippen molar-refractivity contribution in [3.05, 3.63) is 35.2 Å². The van der Waals surface area contributed by atoms with Crippen LogP contribution in [0.15, 0.2) is 18.2 Å². The minimum atomic E-state index is -2.62. The van der Waals surface area contributed by atoms with E-state index in [2.05, 4.69) is 20.7 Å². The van der Waals surface area contributed by atoms with Gasteiger partial charge in [0.25, 0.3) is 12.3 Å². The molecule has 1 aliphatic rings. The number of ether oxygens (including phenoxy) is 1. The number of amides is 1. The highest BCUT2D eigenvalue weighted by Crippen LogP contribution is 2.30. The number of nitrogens with zero attached hydrogens (tertiary/aromatic N) is 3. The van der Waals surface area contributed by atoms with Crippen LogP contribution in [0.3, 0.4) is 0 Å². The Morgan fingerprint density at radius 3 is 2.86 bits per heavy atom. The van der Waals surface area contributed by atoms with Crippen LogP contribution in [0.1, 0.15) is 52.9 Å². The highest BCUT2D eigenvalue weighted by Gasteiger charge is 2.34. The van der Waals surface area contributed by atoms with Gasteiger partial charge in [-0.25, -0.2) is 18.3 Å². The van der Waals surface area contributed by atoms with Crippen LogP contribution < -0.4 is 10.6 Å². The monoisotopic (exact) mass is 393 g/mol. The summed E-state index contributed by atoms with van der Waals surface area (Å²) in [7, 11) is 0. The third kappa shape index (κ3) is 3.95. The molecule has 150 valence electrons.